The number of fused-ring (bicyclic) bond motifs is 1. The minimum absolute atomic E-state index is 0.216. The van der Waals surface area contributed by atoms with Gasteiger partial charge in [-0.3, -0.25) is 0 Å². The van der Waals surface area contributed by atoms with Gasteiger partial charge in [0, 0.05) is 24.0 Å². The van der Waals surface area contributed by atoms with E-state index < -0.39 is 0 Å². The van der Waals surface area contributed by atoms with Gasteiger partial charge in [0.15, 0.2) is 0 Å². The van der Waals surface area contributed by atoms with Crippen LogP contribution >= 0.6 is 0 Å². The molecule has 0 spiro atoms. The molecule has 1 aromatic heterocycles. The van der Waals surface area contributed by atoms with Crippen LogP contribution in [0.4, 0.5) is 4.39 Å². The van der Waals surface area contributed by atoms with Crippen LogP contribution in [-0.2, 0) is 0 Å². The Morgan fingerprint density at radius 3 is 3.07 bits per heavy atom. The molecule has 0 saturated heterocycles. The molecule has 2 aromatic rings. The van der Waals surface area contributed by atoms with Crippen molar-refractivity contribution in [2.24, 2.45) is 0 Å². The lowest BCUT2D eigenvalue weighted by Gasteiger charge is -2.03. The third-order valence-corrected chi connectivity index (χ3v) is 2.67. The van der Waals surface area contributed by atoms with Gasteiger partial charge in [-0.05, 0) is 23.8 Å². The average molecular weight is 203 g/mol. The summed E-state index contributed by atoms with van der Waals surface area (Å²) in [5.74, 6) is -0.216. The Morgan fingerprint density at radius 1 is 1.33 bits per heavy atom. The fourth-order valence-electron chi connectivity index (χ4n) is 1.96. The van der Waals surface area contributed by atoms with Gasteiger partial charge in [0.2, 0.25) is 0 Å². The number of benzene rings is 1. The van der Waals surface area contributed by atoms with E-state index in [1.165, 1.54) is 12.1 Å². The van der Waals surface area contributed by atoms with Gasteiger partial charge in [-0.15, -0.1) is 0 Å². The molecule has 0 atom stereocenters. The largest absolute Gasteiger partial charge is 0.464 e. The van der Waals surface area contributed by atoms with Crippen molar-refractivity contribution in [3.05, 3.63) is 41.9 Å². The SMILES string of the molecule is Fc1cc(C2=CCNC2)c2occc2c1. The Morgan fingerprint density at radius 2 is 2.27 bits per heavy atom. The average Bonchev–Trinajstić information content (AvgIpc) is 2.86. The Kier molecular flexibility index (Phi) is 1.86. The van der Waals surface area contributed by atoms with Crippen LogP contribution in [0.2, 0.25) is 0 Å². The van der Waals surface area contributed by atoms with E-state index in [0.717, 1.165) is 35.2 Å². The van der Waals surface area contributed by atoms with Crippen molar-refractivity contribution < 1.29 is 8.81 Å². The minimum atomic E-state index is -0.216. The monoisotopic (exact) mass is 203 g/mol. The smallest absolute Gasteiger partial charge is 0.141 e. The van der Waals surface area contributed by atoms with Gasteiger partial charge in [-0.1, -0.05) is 6.08 Å². The number of nitrogens with one attached hydrogen (secondary N) is 1. The number of hydrogen-bond acceptors (Lipinski definition) is 2. The molecule has 2 nitrogen and oxygen atoms in total. The molecule has 0 radical (unpaired) electrons. The highest BCUT2D eigenvalue weighted by Crippen LogP contribution is 2.28. The van der Waals surface area contributed by atoms with Crippen LogP contribution in [0.15, 0.2) is 35.0 Å². The maximum atomic E-state index is 13.3. The van der Waals surface area contributed by atoms with Gasteiger partial charge >= 0.3 is 0 Å². The van der Waals surface area contributed by atoms with Crippen molar-refractivity contribution in [1.29, 1.82) is 0 Å². The molecule has 0 aliphatic carbocycles. The van der Waals surface area contributed by atoms with Crippen LogP contribution in [0.1, 0.15) is 5.56 Å². The van der Waals surface area contributed by atoms with Crippen molar-refractivity contribution in [3.63, 3.8) is 0 Å². The summed E-state index contributed by atoms with van der Waals surface area (Å²) in [4.78, 5) is 0. The zero-order valence-electron chi connectivity index (χ0n) is 8.09. The maximum absolute atomic E-state index is 13.3. The molecule has 0 fully saturated rings. The molecular weight excluding hydrogens is 193 g/mol. The van der Waals surface area contributed by atoms with Crippen LogP contribution < -0.4 is 5.32 Å². The Hall–Kier alpha value is -1.61. The molecule has 3 rings (SSSR count). The number of hydrogen-bond donors (Lipinski definition) is 1. The first kappa shape index (κ1) is 8.68. The second kappa shape index (κ2) is 3.21. The zero-order valence-corrected chi connectivity index (χ0v) is 8.09. The van der Waals surface area contributed by atoms with E-state index >= 15 is 0 Å². The number of rotatable bonds is 1. The summed E-state index contributed by atoms with van der Waals surface area (Å²) in [5.41, 5.74) is 2.74. The summed E-state index contributed by atoms with van der Waals surface area (Å²) in [7, 11) is 0. The van der Waals surface area contributed by atoms with Gasteiger partial charge in [0.1, 0.15) is 11.4 Å². The molecule has 0 unspecified atom stereocenters. The summed E-state index contributed by atoms with van der Waals surface area (Å²) in [6.45, 7) is 1.62. The third kappa shape index (κ3) is 1.36. The highest BCUT2D eigenvalue weighted by molar-refractivity contribution is 5.90. The van der Waals surface area contributed by atoms with E-state index in [0.29, 0.717) is 0 Å². The van der Waals surface area contributed by atoms with E-state index in [-0.39, 0.29) is 5.82 Å². The minimum Gasteiger partial charge on any atom is -0.464 e. The van der Waals surface area contributed by atoms with Crippen LogP contribution in [0.5, 0.6) is 0 Å². The fourth-order valence-corrected chi connectivity index (χ4v) is 1.96. The molecule has 0 saturated carbocycles. The predicted molar refractivity (Wildman–Crippen MR) is 57.0 cm³/mol. The van der Waals surface area contributed by atoms with Crippen molar-refractivity contribution >= 4 is 16.5 Å². The molecule has 3 heteroatoms. The summed E-state index contributed by atoms with van der Waals surface area (Å²) in [6.07, 6.45) is 3.66. The maximum Gasteiger partial charge on any atom is 0.141 e. The second-order valence-electron chi connectivity index (χ2n) is 3.65. The lowest BCUT2D eigenvalue weighted by molar-refractivity contribution is 0.608. The molecule has 0 bridgehead atoms. The topological polar surface area (TPSA) is 25.2 Å². The first-order valence-electron chi connectivity index (χ1n) is 4.91. The summed E-state index contributed by atoms with van der Waals surface area (Å²) in [6, 6.07) is 4.81. The van der Waals surface area contributed by atoms with Gasteiger partial charge < -0.3 is 9.73 Å². The van der Waals surface area contributed by atoms with Crippen LogP contribution in [-0.4, -0.2) is 13.1 Å². The van der Waals surface area contributed by atoms with Gasteiger partial charge in [-0.25, -0.2) is 4.39 Å². The first-order valence-corrected chi connectivity index (χ1v) is 4.91. The fraction of sp³-hybridized carbons (Fsp3) is 0.167. The highest BCUT2D eigenvalue weighted by atomic mass is 19.1. The molecule has 1 aliphatic rings. The quantitative estimate of drug-likeness (QED) is 0.770. The Labute approximate surface area is 86.4 Å². The van der Waals surface area contributed by atoms with E-state index in [9.17, 15) is 4.39 Å². The van der Waals surface area contributed by atoms with Gasteiger partial charge in [-0.2, -0.15) is 0 Å². The first-order chi connectivity index (χ1) is 7.34. The van der Waals surface area contributed by atoms with Crippen LogP contribution in [0, 0.1) is 5.82 Å². The molecule has 76 valence electrons. The molecular formula is C12H10FNO. The normalized spacial score (nSPS) is 15.9. The second-order valence-corrected chi connectivity index (χ2v) is 3.65. The molecule has 15 heavy (non-hydrogen) atoms. The molecule has 1 aliphatic heterocycles. The Bertz CT molecular complexity index is 542. The van der Waals surface area contributed by atoms with Crippen molar-refractivity contribution in [2.75, 3.05) is 13.1 Å². The van der Waals surface area contributed by atoms with Crippen molar-refractivity contribution in [3.8, 4) is 0 Å². The van der Waals surface area contributed by atoms with Crippen molar-refractivity contribution in [1.82, 2.24) is 5.32 Å². The zero-order chi connectivity index (χ0) is 10.3. The van der Waals surface area contributed by atoms with E-state index in [1.54, 1.807) is 12.3 Å². The number of furan rings is 1. The molecule has 0 amide bonds. The van der Waals surface area contributed by atoms with Crippen LogP contribution in [0.3, 0.4) is 0 Å². The Balaban J connectivity index is 2.27. The van der Waals surface area contributed by atoms with Gasteiger partial charge in [0.25, 0.3) is 0 Å². The predicted octanol–water partition coefficient (Wildman–Crippen LogP) is 2.56. The standard InChI is InChI=1S/C12H10FNO/c13-10-5-8-2-4-15-12(8)11(6-10)9-1-3-14-7-9/h1-2,4-6,14H,3,7H2. The lowest BCUT2D eigenvalue weighted by atomic mass is 10.0. The van der Waals surface area contributed by atoms with E-state index in [4.69, 9.17) is 4.42 Å². The van der Waals surface area contributed by atoms with E-state index in [2.05, 4.69) is 11.4 Å². The lowest BCUT2D eigenvalue weighted by Crippen LogP contribution is -2.07. The molecule has 1 N–H and O–H groups in total. The summed E-state index contributed by atoms with van der Waals surface area (Å²) in [5, 5.41) is 4.01. The summed E-state index contributed by atoms with van der Waals surface area (Å²) < 4.78 is 18.7. The van der Waals surface area contributed by atoms with Crippen molar-refractivity contribution in [2.45, 2.75) is 0 Å². The van der Waals surface area contributed by atoms with Gasteiger partial charge in [0.05, 0.1) is 6.26 Å². The summed E-state index contributed by atoms with van der Waals surface area (Å²) >= 11 is 0. The third-order valence-electron chi connectivity index (χ3n) is 2.67. The molecule has 2 heterocycles. The van der Waals surface area contributed by atoms with E-state index in [1.807, 2.05) is 0 Å². The van der Waals surface area contributed by atoms with Crippen LogP contribution in [0.25, 0.3) is 16.5 Å². The highest BCUT2D eigenvalue weighted by Gasteiger charge is 2.13. The number of halogens is 1. The molecule has 1 aromatic carbocycles.